The average molecular weight is 504 g/mol. The van der Waals surface area contributed by atoms with Crippen LogP contribution in [0.2, 0.25) is 0 Å². The number of hydrogen-bond acceptors (Lipinski definition) is 7. The molecule has 0 saturated heterocycles. The number of nitrogens with one attached hydrogen (secondary N) is 2. The highest BCUT2D eigenvalue weighted by atomic mass is 32.1. The third-order valence-corrected chi connectivity index (χ3v) is 5.89. The van der Waals surface area contributed by atoms with E-state index in [2.05, 4.69) is 15.6 Å². The fraction of sp³-hybridized carbons (Fsp3) is 0.217. The summed E-state index contributed by atoms with van der Waals surface area (Å²) < 4.78 is 29.6. The number of nitrogens with two attached hydrogens (primary N) is 2. The summed E-state index contributed by atoms with van der Waals surface area (Å²) in [6.45, 7) is 2.73. The van der Waals surface area contributed by atoms with Gasteiger partial charge in [0.25, 0.3) is 5.91 Å². The zero-order valence-corrected chi connectivity index (χ0v) is 19.6. The van der Waals surface area contributed by atoms with Gasteiger partial charge in [-0.15, -0.1) is 11.3 Å². The normalized spacial score (nSPS) is 12.6. The van der Waals surface area contributed by atoms with E-state index < -0.39 is 41.5 Å². The van der Waals surface area contributed by atoms with Crippen molar-refractivity contribution in [1.29, 1.82) is 0 Å². The molecule has 9 nitrogen and oxygen atoms in total. The number of rotatable bonds is 9. The van der Waals surface area contributed by atoms with Gasteiger partial charge in [0.1, 0.15) is 22.5 Å². The standard InChI is InChI=1S/C23H23F2N5O4S/c1-10(31)6-12-7-14(24)19(15(25)8-12)17-9-13(21(26)33)23(35-17)30-18-5-3-4-16(29-18)20(22(27)34)28-11(2)32/h3-5,7-10,20,31H,6H2,1-2H3,(H2,26,33)(H2,27,34)(H,28,32)(H,29,30). The number of benzene rings is 1. The maximum atomic E-state index is 14.8. The van der Waals surface area contributed by atoms with E-state index in [1.54, 1.807) is 6.07 Å². The Morgan fingerprint density at radius 1 is 1.14 bits per heavy atom. The molecule has 184 valence electrons. The molecule has 1 aromatic carbocycles. The van der Waals surface area contributed by atoms with Crippen LogP contribution in [0.4, 0.5) is 19.6 Å². The quantitative estimate of drug-likeness (QED) is 0.302. The fourth-order valence-corrected chi connectivity index (χ4v) is 4.52. The summed E-state index contributed by atoms with van der Waals surface area (Å²) in [5.74, 6) is -3.70. The number of aliphatic hydroxyl groups excluding tert-OH is 1. The van der Waals surface area contributed by atoms with Crippen molar-refractivity contribution in [1.82, 2.24) is 10.3 Å². The highest BCUT2D eigenvalue weighted by Crippen LogP contribution is 2.39. The molecule has 2 heterocycles. The van der Waals surface area contributed by atoms with E-state index in [0.717, 1.165) is 23.5 Å². The van der Waals surface area contributed by atoms with Crippen molar-refractivity contribution in [3.63, 3.8) is 0 Å². The van der Waals surface area contributed by atoms with Gasteiger partial charge in [0.05, 0.1) is 22.9 Å². The lowest BCUT2D eigenvalue weighted by Crippen LogP contribution is -2.36. The molecule has 7 N–H and O–H groups in total. The van der Waals surface area contributed by atoms with Gasteiger partial charge in [0.15, 0.2) is 6.04 Å². The largest absolute Gasteiger partial charge is 0.393 e. The number of primary amides is 2. The first kappa shape index (κ1) is 25.7. The number of pyridine rings is 1. The van der Waals surface area contributed by atoms with Crippen LogP contribution in [0.15, 0.2) is 36.4 Å². The second kappa shape index (κ2) is 10.6. The third kappa shape index (κ3) is 6.16. The van der Waals surface area contributed by atoms with Gasteiger partial charge < -0.3 is 27.2 Å². The number of amides is 3. The predicted molar refractivity (Wildman–Crippen MR) is 127 cm³/mol. The Bertz CT molecular complexity index is 1270. The first-order chi connectivity index (χ1) is 16.5. The van der Waals surface area contributed by atoms with Gasteiger partial charge in [-0.25, -0.2) is 13.8 Å². The van der Waals surface area contributed by atoms with Crippen LogP contribution in [0.3, 0.4) is 0 Å². The Hall–Kier alpha value is -3.90. The fourth-order valence-electron chi connectivity index (χ4n) is 3.40. The SMILES string of the molecule is CC(=O)NC(C(N)=O)c1cccc(Nc2sc(-c3c(F)cc(CC(C)O)cc3F)cc2C(N)=O)n1. The van der Waals surface area contributed by atoms with E-state index in [0.29, 0.717) is 0 Å². The molecular formula is C23H23F2N5O4S. The monoisotopic (exact) mass is 503 g/mol. The Balaban J connectivity index is 1.99. The van der Waals surface area contributed by atoms with E-state index in [1.165, 1.54) is 32.0 Å². The number of nitrogens with zero attached hydrogens (tertiary/aromatic N) is 1. The minimum Gasteiger partial charge on any atom is -0.393 e. The lowest BCUT2D eigenvalue weighted by Gasteiger charge is -2.15. The Morgan fingerprint density at radius 3 is 2.34 bits per heavy atom. The molecule has 0 bridgehead atoms. The Kier molecular flexibility index (Phi) is 7.77. The number of carbonyl (C=O) groups is 3. The number of aliphatic hydroxyl groups is 1. The molecule has 2 aromatic heterocycles. The van der Waals surface area contributed by atoms with Crippen molar-refractivity contribution in [3.05, 3.63) is 64.9 Å². The molecule has 0 aliphatic rings. The number of thiophene rings is 1. The van der Waals surface area contributed by atoms with Crippen molar-refractivity contribution in [2.45, 2.75) is 32.4 Å². The zero-order valence-electron chi connectivity index (χ0n) is 18.8. The maximum Gasteiger partial charge on any atom is 0.251 e. The minimum atomic E-state index is -1.19. The summed E-state index contributed by atoms with van der Waals surface area (Å²) in [7, 11) is 0. The van der Waals surface area contributed by atoms with Crippen molar-refractivity contribution in [2.75, 3.05) is 5.32 Å². The number of anilines is 2. The number of carbonyl (C=O) groups excluding carboxylic acids is 3. The van der Waals surface area contributed by atoms with Crippen LogP contribution in [0, 0.1) is 11.6 Å². The van der Waals surface area contributed by atoms with Crippen LogP contribution in [0.25, 0.3) is 10.4 Å². The van der Waals surface area contributed by atoms with Crippen LogP contribution >= 0.6 is 11.3 Å². The number of aromatic nitrogens is 1. The summed E-state index contributed by atoms with van der Waals surface area (Å²) in [6.07, 6.45) is -0.702. The van der Waals surface area contributed by atoms with Crippen molar-refractivity contribution in [2.24, 2.45) is 11.5 Å². The summed E-state index contributed by atoms with van der Waals surface area (Å²) >= 11 is 0.872. The van der Waals surface area contributed by atoms with Crippen LogP contribution < -0.4 is 22.1 Å². The van der Waals surface area contributed by atoms with Gasteiger partial charge in [-0.05, 0) is 49.2 Å². The lowest BCUT2D eigenvalue weighted by atomic mass is 10.0. The maximum absolute atomic E-state index is 14.8. The second-order valence-corrected chi connectivity index (χ2v) is 8.87. The molecule has 0 spiro atoms. The molecule has 35 heavy (non-hydrogen) atoms. The van der Waals surface area contributed by atoms with Crippen molar-refractivity contribution >= 4 is 39.9 Å². The number of halogens is 2. The first-order valence-electron chi connectivity index (χ1n) is 10.4. The van der Waals surface area contributed by atoms with Gasteiger partial charge >= 0.3 is 0 Å². The van der Waals surface area contributed by atoms with E-state index in [1.807, 2.05) is 0 Å². The Morgan fingerprint density at radius 2 is 1.80 bits per heavy atom. The molecule has 12 heteroatoms. The highest BCUT2D eigenvalue weighted by Gasteiger charge is 2.23. The lowest BCUT2D eigenvalue weighted by molar-refractivity contribution is -0.126. The molecule has 0 aliphatic heterocycles. The Labute approximate surface area is 203 Å². The second-order valence-electron chi connectivity index (χ2n) is 7.81. The van der Waals surface area contributed by atoms with E-state index in [9.17, 15) is 28.3 Å². The highest BCUT2D eigenvalue weighted by molar-refractivity contribution is 7.20. The molecule has 2 unspecified atom stereocenters. The summed E-state index contributed by atoms with van der Waals surface area (Å²) in [5, 5.41) is 14.9. The van der Waals surface area contributed by atoms with Gasteiger partial charge in [0.2, 0.25) is 11.8 Å². The summed E-state index contributed by atoms with van der Waals surface area (Å²) in [4.78, 5) is 39.6. The molecule has 3 amide bonds. The van der Waals surface area contributed by atoms with Gasteiger partial charge in [0, 0.05) is 11.8 Å². The van der Waals surface area contributed by atoms with Crippen LogP contribution in [-0.4, -0.2) is 33.9 Å². The van der Waals surface area contributed by atoms with Crippen molar-refractivity contribution < 1.29 is 28.3 Å². The van der Waals surface area contributed by atoms with Gasteiger partial charge in [-0.1, -0.05) is 6.07 Å². The molecule has 2 atom stereocenters. The molecule has 0 aliphatic carbocycles. The summed E-state index contributed by atoms with van der Waals surface area (Å²) in [6, 6.07) is 6.86. The van der Waals surface area contributed by atoms with Crippen LogP contribution in [0.1, 0.15) is 41.5 Å². The first-order valence-corrected chi connectivity index (χ1v) is 11.2. The smallest absolute Gasteiger partial charge is 0.251 e. The van der Waals surface area contributed by atoms with Gasteiger partial charge in [-0.2, -0.15) is 0 Å². The third-order valence-electron chi connectivity index (χ3n) is 4.82. The molecule has 3 aromatic rings. The summed E-state index contributed by atoms with van der Waals surface area (Å²) in [5.41, 5.74) is 10.9. The predicted octanol–water partition coefficient (Wildman–Crippen LogP) is 2.52. The average Bonchev–Trinajstić information content (AvgIpc) is 3.14. The molecule has 0 saturated carbocycles. The van der Waals surface area contributed by atoms with E-state index in [-0.39, 0.29) is 44.5 Å². The van der Waals surface area contributed by atoms with E-state index >= 15 is 0 Å². The molecular weight excluding hydrogens is 480 g/mol. The topological polar surface area (TPSA) is 160 Å². The van der Waals surface area contributed by atoms with Gasteiger partial charge in [-0.3, -0.25) is 14.4 Å². The zero-order chi connectivity index (χ0) is 25.9. The molecule has 0 radical (unpaired) electrons. The molecule has 0 fully saturated rings. The van der Waals surface area contributed by atoms with Crippen LogP contribution in [-0.2, 0) is 16.0 Å². The number of hydrogen-bond donors (Lipinski definition) is 5. The van der Waals surface area contributed by atoms with E-state index in [4.69, 9.17) is 11.5 Å². The molecule has 3 rings (SSSR count). The minimum absolute atomic E-state index is 0.0302. The van der Waals surface area contributed by atoms with Crippen molar-refractivity contribution in [3.8, 4) is 10.4 Å². The van der Waals surface area contributed by atoms with Crippen LogP contribution in [0.5, 0.6) is 0 Å².